The molecular weight excluding hydrogens is 266 g/mol. The summed E-state index contributed by atoms with van der Waals surface area (Å²) < 4.78 is 11.1. The molecule has 1 aromatic carbocycles. The molecule has 1 N–H and O–H groups in total. The molecule has 116 valence electrons. The van der Waals surface area contributed by atoms with Crippen LogP contribution in [0, 0.1) is 0 Å². The van der Waals surface area contributed by atoms with Gasteiger partial charge >= 0.3 is 5.97 Å². The van der Waals surface area contributed by atoms with Crippen molar-refractivity contribution in [2.45, 2.75) is 57.9 Å². The van der Waals surface area contributed by atoms with E-state index in [0.717, 1.165) is 5.56 Å². The van der Waals surface area contributed by atoms with Crippen LogP contribution in [0.2, 0.25) is 0 Å². The first-order valence-electron chi connectivity index (χ1n) is 7.67. The Labute approximate surface area is 126 Å². The average Bonchev–Trinajstić information content (AvgIpc) is 2.45. The maximum absolute atomic E-state index is 12.5. The highest BCUT2D eigenvalue weighted by molar-refractivity contribution is 5.81. The van der Waals surface area contributed by atoms with Crippen molar-refractivity contribution in [3.05, 3.63) is 35.9 Å². The molecule has 4 nitrogen and oxygen atoms in total. The third-order valence-electron chi connectivity index (χ3n) is 3.88. The number of nitrogens with one attached hydrogen (secondary N) is 1. The summed E-state index contributed by atoms with van der Waals surface area (Å²) in [7, 11) is 0. The van der Waals surface area contributed by atoms with Gasteiger partial charge in [0.05, 0.1) is 18.8 Å². The average molecular weight is 291 g/mol. The second kappa shape index (κ2) is 7.05. The van der Waals surface area contributed by atoms with Crippen molar-refractivity contribution in [2.24, 2.45) is 0 Å². The van der Waals surface area contributed by atoms with Crippen LogP contribution in [0.25, 0.3) is 0 Å². The summed E-state index contributed by atoms with van der Waals surface area (Å²) in [6, 6.07) is 10.1. The van der Waals surface area contributed by atoms with E-state index < -0.39 is 5.54 Å². The second-order valence-electron chi connectivity index (χ2n) is 5.81. The summed E-state index contributed by atoms with van der Waals surface area (Å²) >= 11 is 0. The minimum absolute atomic E-state index is 0.0430. The van der Waals surface area contributed by atoms with Gasteiger partial charge in [-0.05, 0) is 26.3 Å². The van der Waals surface area contributed by atoms with Crippen molar-refractivity contribution in [3.63, 3.8) is 0 Å². The Kier molecular flexibility index (Phi) is 5.37. The Morgan fingerprint density at radius 2 is 1.90 bits per heavy atom. The minimum atomic E-state index is -0.650. The Balaban J connectivity index is 2.13. The van der Waals surface area contributed by atoms with E-state index in [1.165, 1.54) is 0 Å². The number of carbonyl (C=O) groups excluding carboxylic acids is 1. The Morgan fingerprint density at radius 1 is 1.29 bits per heavy atom. The molecule has 0 amide bonds. The SMILES string of the molecule is CCOC(=O)C1(NCc2ccccc2)CC(C)OC(C)C1. The Hall–Kier alpha value is -1.39. The zero-order valence-corrected chi connectivity index (χ0v) is 13.1. The van der Waals surface area contributed by atoms with Crippen molar-refractivity contribution in [1.29, 1.82) is 0 Å². The first-order valence-corrected chi connectivity index (χ1v) is 7.67. The summed E-state index contributed by atoms with van der Waals surface area (Å²) in [4.78, 5) is 12.5. The molecule has 0 aromatic heterocycles. The zero-order chi connectivity index (χ0) is 15.3. The summed E-state index contributed by atoms with van der Waals surface area (Å²) in [5.41, 5.74) is 0.510. The van der Waals surface area contributed by atoms with E-state index in [0.29, 0.717) is 26.0 Å². The van der Waals surface area contributed by atoms with E-state index >= 15 is 0 Å². The van der Waals surface area contributed by atoms with Crippen LogP contribution in [0.15, 0.2) is 30.3 Å². The molecule has 2 unspecified atom stereocenters. The standard InChI is InChI=1S/C17H25NO3/c1-4-20-16(19)17(10-13(2)21-14(3)11-17)18-12-15-8-6-5-7-9-15/h5-9,13-14,18H,4,10-12H2,1-3H3. The minimum Gasteiger partial charge on any atom is -0.465 e. The van der Waals surface area contributed by atoms with Gasteiger partial charge in [-0.15, -0.1) is 0 Å². The van der Waals surface area contributed by atoms with Gasteiger partial charge in [-0.3, -0.25) is 10.1 Å². The maximum atomic E-state index is 12.5. The third-order valence-corrected chi connectivity index (χ3v) is 3.88. The zero-order valence-electron chi connectivity index (χ0n) is 13.1. The van der Waals surface area contributed by atoms with E-state index in [4.69, 9.17) is 9.47 Å². The van der Waals surface area contributed by atoms with Crippen LogP contribution in [0.4, 0.5) is 0 Å². The fourth-order valence-electron chi connectivity index (χ4n) is 3.08. The molecular formula is C17H25NO3. The first-order chi connectivity index (χ1) is 10.1. The lowest BCUT2D eigenvalue weighted by Crippen LogP contribution is -2.59. The quantitative estimate of drug-likeness (QED) is 0.847. The molecule has 0 bridgehead atoms. The molecule has 4 heteroatoms. The summed E-state index contributed by atoms with van der Waals surface area (Å²) in [5, 5.41) is 3.44. The maximum Gasteiger partial charge on any atom is 0.326 e. The molecule has 2 rings (SSSR count). The third kappa shape index (κ3) is 4.05. The normalized spacial score (nSPS) is 29.1. The lowest BCUT2D eigenvalue weighted by molar-refractivity contribution is -0.162. The molecule has 0 saturated carbocycles. The number of carbonyl (C=O) groups is 1. The van der Waals surface area contributed by atoms with Crippen LogP contribution >= 0.6 is 0 Å². The van der Waals surface area contributed by atoms with Gasteiger partial charge in [-0.25, -0.2) is 0 Å². The van der Waals surface area contributed by atoms with Crippen LogP contribution < -0.4 is 5.32 Å². The van der Waals surface area contributed by atoms with Crippen LogP contribution in [0.1, 0.15) is 39.2 Å². The highest BCUT2D eigenvalue weighted by Crippen LogP contribution is 2.30. The molecule has 1 heterocycles. The highest BCUT2D eigenvalue weighted by atomic mass is 16.5. The Morgan fingerprint density at radius 3 is 2.48 bits per heavy atom. The van der Waals surface area contributed by atoms with Gasteiger partial charge in [0, 0.05) is 19.4 Å². The van der Waals surface area contributed by atoms with Gasteiger partial charge < -0.3 is 9.47 Å². The predicted octanol–water partition coefficient (Wildman–Crippen LogP) is 2.67. The van der Waals surface area contributed by atoms with Crippen LogP contribution in [-0.2, 0) is 20.8 Å². The van der Waals surface area contributed by atoms with Gasteiger partial charge in [-0.1, -0.05) is 30.3 Å². The van der Waals surface area contributed by atoms with E-state index in [1.807, 2.05) is 39.0 Å². The van der Waals surface area contributed by atoms with Crippen molar-refractivity contribution in [1.82, 2.24) is 5.32 Å². The number of ether oxygens (including phenoxy) is 2. The first kappa shape index (κ1) is 16.0. The lowest BCUT2D eigenvalue weighted by atomic mass is 9.83. The second-order valence-corrected chi connectivity index (χ2v) is 5.81. The molecule has 0 spiro atoms. The number of hydrogen-bond acceptors (Lipinski definition) is 4. The van der Waals surface area contributed by atoms with Crippen molar-refractivity contribution in [3.8, 4) is 0 Å². The van der Waals surface area contributed by atoms with Crippen LogP contribution in [0.3, 0.4) is 0 Å². The highest BCUT2D eigenvalue weighted by Gasteiger charge is 2.45. The smallest absolute Gasteiger partial charge is 0.326 e. The molecule has 0 aliphatic carbocycles. The molecule has 1 aliphatic heterocycles. The lowest BCUT2D eigenvalue weighted by Gasteiger charge is -2.41. The van der Waals surface area contributed by atoms with E-state index in [-0.39, 0.29) is 18.2 Å². The van der Waals surface area contributed by atoms with Crippen LogP contribution in [0.5, 0.6) is 0 Å². The molecule has 1 aromatic rings. The van der Waals surface area contributed by atoms with Gasteiger partial charge in [0.1, 0.15) is 5.54 Å². The summed E-state index contributed by atoms with van der Waals surface area (Å²) in [6.45, 7) is 6.91. The van der Waals surface area contributed by atoms with Gasteiger partial charge in [0.15, 0.2) is 0 Å². The van der Waals surface area contributed by atoms with Gasteiger partial charge in [0.2, 0.25) is 0 Å². The number of hydrogen-bond donors (Lipinski definition) is 1. The van der Waals surface area contributed by atoms with Crippen molar-refractivity contribution >= 4 is 5.97 Å². The van der Waals surface area contributed by atoms with Gasteiger partial charge in [0.25, 0.3) is 0 Å². The van der Waals surface area contributed by atoms with Crippen LogP contribution in [-0.4, -0.2) is 30.3 Å². The monoisotopic (exact) mass is 291 g/mol. The molecule has 1 fully saturated rings. The van der Waals surface area contributed by atoms with E-state index in [1.54, 1.807) is 0 Å². The number of benzene rings is 1. The molecule has 1 aliphatic rings. The molecule has 2 atom stereocenters. The summed E-state index contributed by atoms with van der Waals surface area (Å²) in [5.74, 6) is -0.164. The number of esters is 1. The number of rotatable bonds is 5. The topological polar surface area (TPSA) is 47.6 Å². The molecule has 1 saturated heterocycles. The largest absolute Gasteiger partial charge is 0.465 e. The van der Waals surface area contributed by atoms with Gasteiger partial charge in [-0.2, -0.15) is 0 Å². The van der Waals surface area contributed by atoms with E-state index in [9.17, 15) is 4.79 Å². The fraction of sp³-hybridized carbons (Fsp3) is 0.588. The summed E-state index contributed by atoms with van der Waals surface area (Å²) in [6.07, 6.45) is 1.37. The van der Waals surface area contributed by atoms with Crippen molar-refractivity contribution in [2.75, 3.05) is 6.61 Å². The molecule has 0 radical (unpaired) electrons. The van der Waals surface area contributed by atoms with Crippen molar-refractivity contribution < 1.29 is 14.3 Å². The van der Waals surface area contributed by atoms with E-state index in [2.05, 4.69) is 17.4 Å². The molecule has 21 heavy (non-hydrogen) atoms. The predicted molar refractivity (Wildman–Crippen MR) is 81.9 cm³/mol. The fourth-order valence-corrected chi connectivity index (χ4v) is 3.08. The Bertz CT molecular complexity index is 450.